The number of hydrogen-bond acceptors (Lipinski definition) is 4. The van der Waals surface area contributed by atoms with Crippen molar-refractivity contribution < 1.29 is 8.78 Å². The minimum atomic E-state index is -0.579. The molecule has 90 valence electrons. The largest absolute Gasteiger partial charge is 0.254 e. The predicted molar refractivity (Wildman–Crippen MR) is 60.8 cm³/mol. The first-order valence-electron chi connectivity index (χ1n) is 5.15. The molecule has 1 atom stereocenters. The molecule has 1 rings (SSSR count). The van der Waals surface area contributed by atoms with Crippen LogP contribution in [0.2, 0.25) is 0 Å². The summed E-state index contributed by atoms with van der Waals surface area (Å²) in [5.74, 6) is 0.773. The third-order valence-corrected chi connectivity index (χ3v) is 2.88. The van der Waals surface area contributed by atoms with Gasteiger partial charge in [-0.05, 0) is 18.4 Å². The molecule has 0 fully saturated rings. The smallest absolute Gasteiger partial charge is 0.128 e. The van der Waals surface area contributed by atoms with Gasteiger partial charge in [-0.1, -0.05) is 6.92 Å². The number of aromatic nitrogens is 2. The summed E-state index contributed by atoms with van der Waals surface area (Å²) in [5, 5.41) is 0. The molecule has 1 aromatic rings. The maximum Gasteiger partial charge on any atom is 0.128 e. The van der Waals surface area contributed by atoms with E-state index < -0.39 is 19.4 Å². The summed E-state index contributed by atoms with van der Waals surface area (Å²) in [4.78, 5) is 9.01. The van der Waals surface area contributed by atoms with Crippen molar-refractivity contribution in [1.29, 1.82) is 0 Å². The fraction of sp³-hybridized carbons (Fsp3) is 0.600. The van der Waals surface area contributed by atoms with Crippen LogP contribution in [0.5, 0.6) is 0 Å². The Hall–Kier alpha value is -0.750. The van der Waals surface area contributed by atoms with E-state index >= 15 is 0 Å². The summed E-state index contributed by atoms with van der Waals surface area (Å²) in [5.41, 5.74) is 0. The zero-order valence-electron chi connectivity index (χ0n) is 9.12. The molecule has 16 heavy (non-hydrogen) atoms. The molecule has 0 amide bonds. The normalized spacial score (nSPS) is 12.7. The van der Waals surface area contributed by atoms with Gasteiger partial charge < -0.3 is 0 Å². The van der Waals surface area contributed by atoms with Crippen LogP contribution in [0.15, 0.2) is 17.3 Å². The Kier molecular flexibility index (Phi) is 6.25. The zero-order valence-corrected chi connectivity index (χ0v) is 9.94. The zero-order chi connectivity index (χ0) is 11.8. The predicted octanol–water partition coefficient (Wildman–Crippen LogP) is 2.33. The lowest BCUT2D eigenvalue weighted by molar-refractivity contribution is 0.359. The highest BCUT2D eigenvalue weighted by molar-refractivity contribution is 7.97. The quantitative estimate of drug-likeness (QED) is 0.750. The molecule has 0 radical (unpaired) electrons. The highest BCUT2D eigenvalue weighted by atomic mass is 32.2. The van der Waals surface area contributed by atoms with Gasteiger partial charge in [0, 0.05) is 24.9 Å². The molecule has 0 aliphatic rings. The summed E-state index contributed by atoms with van der Waals surface area (Å²) >= 11 is 1.23. The summed E-state index contributed by atoms with van der Waals surface area (Å²) in [6.45, 7) is 0.874. The van der Waals surface area contributed by atoms with Crippen molar-refractivity contribution >= 4 is 11.9 Å². The molecular weight excluding hydrogens is 232 g/mol. The van der Waals surface area contributed by atoms with Crippen molar-refractivity contribution in [3.05, 3.63) is 18.2 Å². The molecule has 0 aliphatic heterocycles. The van der Waals surface area contributed by atoms with Gasteiger partial charge in [0.25, 0.3) is 0 Å². The van der Waals surface area contributed by atoms with E-state index in [1.54, 1.807) is 12.4 Å². The van der Waals surface area contributed by atoms with Gasteiger partial charge in [-0.15, -0.1) is 0 Å². The van der Waals surface area contributed by atoms with Gasteiger partial charge in [-0.3, -0.25) is 9.11 Å². The summed E-state index contributed by atoms with van der Waals surface area (Å²) in [6.07, 6.45) is 4.31. The van der Waals surface area contributed by atoms with Crippen LogP contribution < -0.4 is 4.72 Å². The molecule has 1 aromatic heterocycles. The van der Waals surface area contributed by atoms with E-state index in [4.69, 9.17) is 0 Å². The monoisotopic (exact) mass is 247 g/mol. The number of nitrogens with zero attached hydrogens (tertiary/aromatic N) is 2. The minimum Gasteiger partial charge on any atom is -0.254 e. The lowest BCUT2D eigenvalue weighted by atomic mass is 10.3. The number of rotatable bonds is 7. The number of nitrogens with one attached hydrogen (secondary N) is 1. The average Bonchev–Trinajstić information content (AvgIpc) is 2.35. The fourth-order valence-corrected chi connectivity index (χ4v) is 1.72. The molecule has 0 saturated carbocycles. The second-order valence-corrected chi connectivity index (χ2v) is 4.15. The molecule has 3 nitrogen and oxygen atoms in total. The van der Waals surface area contributed by atoms with Gasteiger partial charge in [-0.2, -0.15) is 0 Å². The molecule has 1 N–H and O–H groups in total. The number of hydrogen-bond donors (Lipinski definition) is 1. The Morgan fingerprint density at radius 1 is 1.38 bits per heavy atom. The van der Waals surface area contributed by atoms with Gasteiger partial charge in [0.2, 0.25) is 0 Å². The summed E-state index contributed by atoms with van der Waals surface area (Å²) < 4.78 is 27.3. The lowest BCUT2D eigenvalue weighted by Crippen LogP contribution is -2.25. The van der Waals surface area contributed by atoms with Crippen LogP contribution in [0.3, 0.4) is 0 Å². The van der Waals surface area contributed by atoms with Gasteiger partial charge in [0.15, 0.2) is 0 Å². The maximum absolute atomic E-state index is 12.4. The first-order valence-corrected chi connectivity index (χ1v) is 5.97. The Morgan fingerprint density at radius 3 is 2.56 bits per heavy atom. The van der Waals surface area contributed by atoms with Crippen LogP contribution in [-0.2, 0) is 6.42 Å². The fourth-order valence-electron chi connectivity index (χ4n) is 1.03. The van der Waals surface area contributed by atoms with E-state index in [-0.39, 0.29) is 6.42 Å². The SMILES string of the molecule is CCc1ncc(SNC(CF)CCF)cn1. The third-order valence-electron chi connectivity index (χ3n) is 1.99. The standard InChI is InChI=1S/C10H15F2N3S/c1-2-10-13-6-9(7-14-10)16-15-8(5-12)3-4-11/h6-8,15H,2-5H2,1H3. The first-order chi connectivity index (χ1) is 7.80. The Labute approximate surface area is 98.2 Å². The van der Waals surface area contributed by atoms with Crippen LogP contribution in [0.4, 0.5) is 8.78 Å². The summed E-state index contributed by atoms with van der Waals surface area (Å²) in [7, 11) is 0. The molecule has 6 heteroatoms. The van der Waals surface area contributed by atoms with E-state index in [0.29, 0.717) is 0 Å². The lowest BCUT2D eigenvalue weighted by Gasteiger charge is -2.12. The molecule has 0 aliphatic carbocycles. The van der Waals surface area contributed by atoms with Crippen LogP contribution in [0.1, 0.15) is 19.2 Å². The average molecular weight is 247 g/mol. The molecule has 1 heterocycles. The minimum absolute atomic E-state index is 0.178. The van der Waals surface area contributed by atoms with Crippen LogP contribution >= 0.6 is 11.9 Å². The molecule has 0 bridgehead atoms. The van der Waals surface area contributed by atoms with Crippen molar-refractivity contribution in [2.45, 2.75) is 30.7 Å². The van der Waals surface area contributed by atoms with E-state index in [2.05, 4.69) is 14.7 Å². The van der Waals surface area contributed by atoms with E-state index in [1.165, 1.54) is 11.9 Å². The molecule has 1 unspecified atom stereocenters. The highest BCUT2D eigenvalue weighted by Crippen LogP contribution is 2.13. The Morgan fingerprint density at radius 2 is 2.06 bits per heavy atom. The van der Waals surface area contributed by atoms with E-state index in [0.717, 1.165) is 17.1 Å². The van der Waals surface area contributed by atoms with Gasteiger partial charge in [0.1, 0.15) is 12.5 Å². The highest BCUT2D eigenvalue weighted by Gasteiger charge is 2.08. The van der Waals surface area contributed by atoms with Crippen molar-refractivity contribution in [1.82, 2.24) is 14.7 Å². The van der Waals surface area contributed by atoms with Crippen molar-refractivity contribution in [3.63, 3.8) is 0 Å². The summed E-state index contributed by atoms with van der Waals surface area (Å²) in [6, 6.07) is -0.458. The van der Waals surface area contributed by atoms with Crippen LogP contribution in [0, 0.1) is 0 Å². The Balaban J connectivity index is 2.40. The van der Waals surface area contributed by atoms with Crippen LogP contribution in [-0.4, -0.2) is 29.4 Å². The second-order valence-electron chi connectivity index (χ2n) is 3.24. The van der Waals surface area contributed by atoms with Gasteiger partial charge in [0.05, 0.1) is 11.6 Å². The number of aryl methyl sites for hydroxylation is 1. The van der Waals surface area contributed by atoms with E-state index in [1.807, 2.05) is 6.92 Å². The maximum atomic E-state index is 12.4. The topological polar surface area (TPSA) is 37.8 Å². The second kappa shape index (κ2) is 7.51. The Bertz CT molecular complexity index is 295. The van der Waals surface area contributed by atoms with E-state index in [9.17, 15) is 8.78 Å². The van der Waals surface area contributed by atoms with Gasteiger partial charge in [-0.25, -0.2) is 14.4 Å². The molecule has 0 aromatic carbocycles. The van der Waals surface area contributed by atoms with Crippen molar-refractivity contribution in [2.24, 2.45) is 0 Å². The van der Waals surface area contributed by atoms with Gasteiger partial charge >= 0.3 is 0 Å². The molecular formula is C10H15F2N3S. The number of alkyl halides is 2. The van der Waals surface area contributed by atoms with Crippen molar-refractivity contribution in [2.75, 3.05) is 13.3 Å². The number of halogens is 2. The van der Waals surface area contributed by atoms with Crippen LogP contribution in [0.25, 0.3) is 0 Å². The molecule has 0 saturated heterocycles. The third kappa shape index (κ3) is 4.40. The van der Waals surface area contributed by atoms with Crippen molar-refractivity contribution in [3.8, 4) is 0 Å². The molecule has 0 spiro atoms. The first kappa shape index (κ1) is 13.3.